The van der Waals surface area contributed by atoms with Gasteiger partial charge in [0.1, 0.15) is 0 Å². The van der Waals surface area contributed by atoms with Gasteiger partial charge in [0.2, 0.25) is 0 Å². The van der Waals surface area contributed by atoms with Crippen molar-refractivity contribution in [2.24, 2.45) is 0 Å². The standard InChI is InChI=1S/C14H22N2/c1-13-8-10-15-9-5-11-16(13)12-14-6-3-2-4-7-14/h2-4,6-7,13,15H,5,8-12H2,1H3. The molecule has 0 radical (unpaired) electrons. The van der Waals surface area contributed by atoms with Crippen LogP contribution in [0.5, 0.6) is 0 Å². The zero-order chi connectivity index (χ0) is 11.2. The lowest BCUT2D eigenvalue weighted by atomic mass is 10.1. The van der Waals surface area contributed by atoms with Crippen molar-refractivity contribution < 1.29 is 0 Å². The molecule has 16 heavy (non-hydrogen) atoms. The number of nitrogens with zero attached hydrogens (tertiary/aromatic N) is 1. The SMILES string of the molecule is CC1CCNCCCN1Cc1ccccc1. The summed E-state index contributed by atoms with van der Waals surface area (Å²) >= 11 is 0. The third kappa shape index (κ3) is 3.32. The molecule has 2 rings (SSSR count). The predicted molar refractivity (Wildman–Crippen MR) is 68.4 cm³/mol. The van der Waals surface area contributed by atoms with Gasteiger partial charge in [0.05, 0.1) is 0 Å². The Hall–Kier alpha value is -0.860. The zero-order valence-corrected chi connectivity index (χ0v) is 10.2. The van der Waals surface area contributed by atoms with Gasteiger partial charge in [-0.3, -0.25) is 4.90 Å². The fourth-order valence-electron chi connectivity index (χ4n) is 2.30. The Balaban J connectivity index is 1.95. The molecule has 0 bridgehead atoms. The van der Waals surface area contributed by atoms with Crippen molar-refractivity contribution in [2.45, 2.75) is 32.4 Å². The van der Waals surface area contributed by atoms with E-state index >= 15 is 0 Å². The van der Waals surface area contributed by atoms with Gasteiger partial charge in [0.25, 0.3) is 0 Å². The first-order valence-electron chi connectivity index (χ1n) is 6.35. The molecule has 1 fully saturated rings. The lowest BCUT2D eigenvalue weighted by Crippen LogP contribution is -2.39. The zero-order valence-electron chi connectivity index (χ0n) is 10.2. The van der Waals surface area contributed by atoms with E-state index in [1.807, 2.05) is 0 Å². The number of benzene rings is 1. The van der Waals surface area contributed by atoms with E-state index in [-0.39, 0.29) is 0 Å². The number of hydrogen-bond donors (Lipinski definition) is 1. The van der Waals surface area contributed by atoms with E-state index in [1.54, 1.807) is 0 Å². The van der Waals surface area contributed by atoms with Crippen molar-refractivity contribution >= 4 is 0 Å². The second-order valence-corrected chi connectivity index (χ2v) is 4.70. The predicted octanol–water partition coefficient (Wildman–Crippen LogP) is 2.26. The molecule has 0 aliphatic carbocycles. The Kier molecular flexibility index (Phi) is 4.37. The molecule has 1 aromatic carbocycles. The monoisotopic (exact) mass is 218 g/mol. The van der Waals surface area contributed by atoms with Gasteiger partial charge in [0.15, 0.2) is 0 Å². The van der Waals surface area contributed by atoms with Crippen LogP contribution in [0.4, 0.5) is 0 Å². The lowest BCUT2D eigenvalue weighted by molar-refractivity contribution is 0.177. The Bertz CT molecular complexity index is 297. The molecule has 1 saturated heterocycles. The molecule has 2 nitrogen and oxygen atoms in total. The molecule has 0 amide bonds. The van der Waals surface area contributed by atoms with Crippen molar-refractivity contribution in [3.63, 3.8) is 0 Å². The highest BCUT2D eigenvalue weighted by Crippen LogP contribution is 2.12. The quantitative estimate of drug-likeness (QED) is 0.819. The van der Waals surface area contributed by atoms with E-state index in [0.29, 0.717) is 6.04 Å². The smallest absolute Gasteiger partial charge is 0.0236 e. The molecule has 1 aliphatic heterocycles. The lowest BCUT2D eigenvalue weighted by Gasteiger charge is -2.31. The van der Waals surface area contributed by atoms with Crippen molar-refractivity contribution in [3.05, 3.63) is 35.9 Å². The Morgan fingerprint density at radius 1 is 1.25 bits per heavy atom. The second kappa shape index (κ2) is 6.02. The van der Waals surface area contributed by atoms with Crippen LogP contribution in [-0.4, -0.2) is 30.6 Å². The van der Waals surface area contributed by atoms with Crippen molar-refractivity contribution in [1.29, 1.82) is 0 Å². The van der Waals surface area contributed by atoms with E-state index in [1.165, 1.54) is 24.9 Å². The first-order valence-corrected chi connectivity index (χ1v) is 6.35. The summed E-state index contributed by atoms with van der Waals surface area (Å²) in [5, 5.41) is 3.48. The van der Waals surface area contributed by atoms with Crippen molar-refractivity contribution in [3.8, 4) is 0 Å². The van der Waals surface area contributed by atoms with Gasteiger partial charge >= 0.3 is 0 Å². The minimum absolute atomic E-state index is 0.688. The highest BCUT2D eigenvalue weighted by molar-refractivity contribution is 5.14. The third-order valence-corrected chi connectivity index (χ3v) is 3.39. The average Bonchev–Trinajstić information content (AvgIpc) is 2.30. The van der Waals surface area contributed by atoms with E-state index in [4.69, 9.17) is 0 Å². The maximum atomic E-state index is 3.48. The molecule has 1 atom stereocenters. The van der Waals surface area contributed by atoms with E-state index < -0.39 is 0 Å². The van der Waals surface area contributed by atoms with Gasteiger partial charge < -0.3 is 5.32 Å². The van der Waals surface area contributed by atoms with E-state index in [2.05, 4.69) is 47.5 Å². The highest BCUT2D eigenvalue weighted by Gasteiger charge is 2.15. The molecule has 1 N–H and O–H groups in total. The van der Waals surface area contributed by atoms with Crippen LogP contribution in [0.15, 0.2) is 30.3 Å². The van der Waals surface area contributed by atoms with Gasteiger partial charge in [-0.25, -0.2) is 0 Å². The first-order chi connectivity index (χ1) is 7.86. The molecule has 88 valence electrons. The van der Waals surface area contributed by atoms with Crippen LogP contribution >= 0.6 is 0 Å². The number of rotatable bonds is 2. The summed E-state index contributed by atoms with van der Waals surface area (Å²) in [7, 11) is 0. The van der Waals surface area contributed by atoms with Crippen molar-refractivity contribution in [1.82, 2.24) is 10.2 Å². The topological polar surface area (TPSA) is 15.3 Å². The summed E-state index contributed by atoms with van der Waals surface area (Å²) in [5.74, 6) is 0. The van der Waals surface area contributed by atoms with Crippen LogP contribution in [0, 0.1) is 0 Å². The molecule has 0 saturated carbocycles. The van der Waals surface area contributed by atoms with Crippen molar-refractivity contribution in [2.75, 3.05) is 19.6 Å². The normalized spacial score (nSPS) is 23.7. The van der Waals surface area contributed by atoms with Crippen LogP contribution < -0.4 is 5.32 Å². The maximum absolute atomic E-state index is 3.48. The molecule has 1 aliphatic rings. The van der Waals surface area contributed by atoms with E-state index in [9.17, 15) is 0 Å². The Labute approximate surface area is 98.7 Å². The van der Waals surface area contributed by atoms with Gasteiger partial charge in [-0.1, -0.05) is 30.3 Å². The molecule has 2 heteroatoms. The van der Waals surface area contributed by atoms with Gasteiger partial charge in [-0.05, 0) is 45.0 Å². The van der Waals surface area contributed by atoms with Crippen LogP contribution in [0.25, 0.3) is 0 Å². The number of hydrogen-bond acceptors (Lipinski definition) is 2. The highest BCUT2D eigenvalue weighted by atomic mass is 15.2. The van der Waals surface area contributed by atoms with Gasteiger partial charge in [0, 0.05) is 12.6 Å². The third-order valence-electron chi connectivity index (χ3n) is 3.39. The van der Waals surface area contributed by atoms with Crippen LogP contribution in [-0.2, 0) is 6.54 Å². The van der Waals surface area contributed by atoms with E-state index in [0.717, 1.165) is 19.6 Å². The average molecular weight is 218 g/mol. The summed E-state index contributed by atoms with van der Waals surface area (Å²) in [6.07, 6.45) is 2.52. The Morgan fingerprint density at radius 2 is 2.06 bits per heavy atom. The molecular formula is C14H22N2. The summed E-state index contributed by atoms with van der Waals surface area (Å²) in [6.45, 7) is 6.98. The Morgan fingerprint density at radius 3 is 2.88 bits per heavy atom. The molecule has 1 aromatic rings. The molecule has 0 spiro atoms. The molecule has 0 aromatic heterocycles. The number of nitrogens with one attached hydrogen (secondary N) is 1. The molecular weight excluding hydrogens is 196 g/mol. The molecule has 1 unspecified atom stereocenters. The van der Waals surface area contributed by atoms with Crippen LogP contribution in [0.2, 0.25) is 0 Å². The van der Waals surface area contributed by atoms with Gasteiger partial charge in [-0.2, -0.15) is 0 Å². The summed E-state index contributed by atoms with van der Waals surface area (Å²) in [6, 6.07) is 11.5. The van der Waals surface area contributed by atoms with Crippen LogP contribution in [0.3, 0.4) is 0 Å². The van der Waals surface area contributed by atoms with Gasteiger partial charge in [-0.15, -0.1) is 0 Å². The fourth-order valence-corrected chi connectivity index (χ4v) is 2.30. The largest absolute Gasteiger partial charge is 0.317 e. The summed E-state index contributed by atoms with van der Waals surface area (Å²) in [5.41, 5.74) is 1.43. The minimum Gasteiger partial charge on any atom is -0.317 e. The first kappa shape index (κ1) is 11.6. The molecule has 1 heterocycles. The summed E-state index contributed by atoms with van der Waals surface area (Å²) in [4.78, 5) is 2.61. The second-order valence-electron chi connectivity index (χ2n) is 4.70. The maximum Gasteiger partial charge on any atom is 0.0236 e. The van der Waals surface area contributed by atoms with Crippen LogP contribution in [0.1, 0.15) is 25.3 Å². The fraction of sp³-hybridized carbons (Fsp3) is 0.571. The summed E-state index contributed by atoms with van der Waals surface area (Å²) < 4.78 is 0. The minimum atomic E-state index is 0.688.